The lowest BCUT2D eigenvalue weighted by molar-refractivity contribution is 0.294. The maximum Gasteiger partial charge on any atom is 0.191 e. The van der Waals surface area contributed by atoms with Crippen molar-refractivity contribution in [1.82, 2.24) is 10.6 Å². The van der Waals surface area contributed by atoms with Crippen LogP contribution in [0.25, 0.3) is 0 Å². The summed E-state index contributed by atoms with van der Waals surface area (Å²) in [7, 11) is 6.64. The minimum Gasteiger partial charge on any atom is -0.493 e. The van der Waals surface area contributed by atoms with Crippen LogP contribution in [0.3, 0.4) is 0 Å². The molecule has 0 aliphatic rings. The first-order valence-electron chi connectivity index (χ1n) is 9.60. The smallest absolute Gasteiger partial charge is 0.191 e. The molecule has 0 radical (unpaired) electrons. The standard InChI is InChI=1S/C22H31N3O4.HI/c1-6-11-29-19-10-8-17(13-21(19)28-5)15-25-22(23-2)24-14-16-7-9-18(26-3)20(12-16)27-4;/h7-10,12-13H,6,11,14-15H2,1-5H3,(H2,23,24,25);1H. The topological polar surface area (TPSA) is 73.3 Å². The van der Waals surface area contributed by atoms with E-state index in [1.54, 1.807) is 28.4 Å². The highest BCUT2D eigenvalue weighted by atomic mass is 127. The van der Waals surface area contributed by atoms with Crippen molar-refractivity contribution in [2.75, 3.05) is 35.0 Å². The summed E-state index contributed by atoms with van der Waals surface area (Å²) in [5.74, 6) is 3.59. The van der Waals surface area contributed by atoms with Gasteiger partial charge in [0, 0.05) is 20.1 Å². The number of rotatable bonds is 10. The summed E-state index contributed by atoms with van der Waals surface area (Å²) in [6.45, 7) is 3.95. The lowest BCUT2D eigenvalue weighted by atomic mass is 10.2. The minimum atomic E-state index is 0. The van der Waals surface area contributed by atoms with Crippen LogP contribution >= 0.6 is 24.0 Å². The van der Waals surface area contributed by atoms with Crippen molar-refractivity contribution in [2.24, 2.45) is 4.99 Å². The van der Waals surface area contributed by atoms with E-state index >= 15 is 0 Å². The molecule has 0 amide bonds. The lowest BCUT2D eigenvalue weighted by Crippen LogP contribution is -2.36. The van der Waals surface area contributed by atoms with Gasteiger partial charge < -0.3 is 29.6 Å². The van der Waals surface area contributed by atoms with E-state index in [0.717, 1.165) is 29.0 Å². The molecule has 2 rings (SSSR count). The lowest BCUT2D eigenvalue weighted by Gasteiger charge is -2.15. The van der Waals surface area contributed by atoms with Gasteiger partial charge in [0.1, 0.15) is 0 Å². The van der Waals surface area contributed by atoms with Crippen LogP contribution in [0, 0.1) is 0 Å². The molecule has 0 aromatic heterocycles. The van der Waals surface area contributed by atoms with E-state index < -0.39 is 0 Å². The maximum atomic E-state index is 5.70. The molecule has 2 aromatic rings. The summed E-state index contributed by atoms with van der Waals surface area (Å²) in [6, 6.07) is 11.7. The van der Waals surface area contributed by atoms with Crippen LogP contribution in [0.15, 0.2) is 41.4 Å². The van der Waals surface area contributed by atoms with Crippen LogP contribution in [-0.4, -0.2) is 40.9 Å². The molecule has 7 nitrogen and oxygen atoms in total. The zero-order valence-corrected chi connectivity index (χ0v) is 20.6. The number of nitrogens with one attached hydrogen (secondary N) is 2. The SMILES string of the molecule is CCCOc1ccc(CNC(=NC)NCc2ccc(OC)c(OC)c2)cc1OC.I. The van der Waals surface area contributed by atoms with Crippen molar-refractivity contribution in [3.8, 4) is 23.0 Å². The van der Waals surface area contributed by atoms with Gasteiger partial charge >= 0.3 is 0 Å². The molecule has 0 unspecified atom stereocenters. The van der Waals surface area contributed by atoms with Gasteiger partial charge in [0.25, 0.3) is 0 Å². The Bertz CT molecular complexity index is 815. The van der Waals surface area contributed by atoms with Crippen molar-refractivity contribution in [1.29, 1.82) is 0 Å². The van der Waals surface area contributed by atoms with Gasteiger partial charge in [-0.3, -0.25) is 4.99 Å². The van der Waals surface area contributed by atoms with Crippen molar-refractivity contribution in [3.63, 3.8) is 0 Å². The Kier molecular flexibility index (Phi) is 11.8. The summed E-state index contributed by atoms with van der Waals surface area (Å²) in [4.78, 5) is 4.28. The van der Waals surface area contributed by atoms with Gasteiger partial charge in [-0.05, 0) is 41.8 Å². The van der Waals surface area contributed by atoms with Crippen LogP contribution in [0.5, 0.6) is 23.0 Å². The molecule has 0 saturated carbocycles. The number of aliphatic imine (C=N–C) groups is 1. The Hall–Kier alpha value is -2.36. The maximum absolute atomic E-state index is 5.70. The van der Waals surface area contributed by atoms with Gasteiger partial charge in [0.2, 0.25) is 0 Å². The fourth-order valence-corrected chi connectivity index (χ4v) is 2.74. The average molecular weight is 529 g/mol. The van der Waals surface area contributed by atoms with E-state index in [1.807, 2.05) is 36.4 Å². The summed E-state index contributed by atoms with van der Waals surface area (Å²) >= 11 is 0. The number of hydrogen-bond acceptors (Lipinski definition) is 5. The van der Waals surface area contributed by atoms with Crippen molar-refractivity contribution >= 4 is 29.9 Å². The van der Waals surface area contributed by atoms with Gasteiger partial charge in [-0.1, -0.05) is 19.1 Å². The number of ether oxygens (including phenoxy) is 4. The zero-order valence-electron chi connectivity index (χ0n) is 18.3. The van der Waals surface area contributed by atoms with E-state index in [4.69, 9.17) is 18.9 Å². The molecular formula is C22H32IN3O4. The molecule has 30 heavy (non-hydrogen) atoms. The van der Waals surface area contributed by atoms with E-state index in [2.05, 4.69) is 22.5 Å². The molecule has 0 aliphatic carbocycles. The Morgan fingerprint density at radius 1 is 0.800 bits per heavy atom. The second-order valence-electron chi connectivity index (χ2n) is 6.30. The Labute approximate surface area is 196 Å². The minimum absolute atomic E-state index is 0. The number of hydrogen-bond donors (Lipinski definition) is 2. The predicted octanol–water partition coefficient (Wildman–Crippen LogP) is 3.98. The fourth-order valence-electron chi connectivity index (χ4n) is 2.74. The first-order chi connectivity index (χ1) is 14.1. The van der Waals surface area contributed by atoms with E-state index in [1.165, 1.54) is 0 Å². The van der Waals surface area contributed by atoms with Crippen molar-refractivity contribution < 1.29 is 18.9 Å². The third-order valence-electron chi connectivity index (χ3n) is 4.28. The van der Waals surface area contributed by atoms with Gasteiger partial charge in [0.15, 0.2) is 29.0 Å². The molecule has 0 atom stereocenters. The molecular weight excluding hydrogens is 497 g/mol. The Morgan fingerprint density at radius 3 is 1.77 bits per heavy atom. The van der Waals surface area contributed by atoms with Crippen LogP contribution in [0.2, 0.25) is 0 Å². The number of nitrogens with zero attached hydrogens (tertiary/aromatic N) is 1. The first kappa shape index (κ1) is 25.7. The molecule has 0 bridgehead atoms. The zero-order chi connectivity index (χ0) is 21.1. The average Bonchev–Trinajstić information content (AvgIpc) is 2.77. The van der Waals surface area contributed by atoms with Crippen LogP contribution in [0.4, 0.5) is 0 Å². The summed E-state index contributed by atoms with van der Waals surface area (Å²) in [6.07, 6.45) is 0.953. The predicted molar refractivity (Wildman–Crippen MR) is 131 cm³/mol. The molecule has 2 aromatic carbocycles. The summed E-state index contributed by atoms with van der Waals surface area (Å²) < 4.78 is 21.8. The highest BCUT2D eigenvalue weighted by molar-refractivity contribution is 14.0. The number of halogens is 1. The normalized spacial score (nSPS) is 10.6. The third-order valence-corrected chi connectivity index (χ3v) is 4.28. The van der Waals surface area contributed by atoms with Crippen LogP contribution in [-0.2, 0) is 13.1 Å². The highest BCUT2D eigenvalue weighted by Gasteiger charge is 2.08. The van der Waals surface area contributed by atoms with Crippen molar-refractivity contribution in [2.45, 2.75) is 26.4 Å². The van der Waals surface area contributed by atoms with Gasteiger partial charge in [-0.25, -0.2) is 0 Å². The van der Waals surface area contributed by atoms with Crippen LogP contribution in [0.1, 0.15) is 24.5 Å². The number of benzene rings is 2. The third kappa shape index (κ3) is 7.47. The Morgan fingerprint density at radius 2 is 1.30 bits per heavy atom. The molecule has 0 spiro atoms. The molecule has 0 saturated heterocycles. The van der Waals surface area contributed by atoms with E-state index in [9.17, 15) is 0 Å². The molecule has 2 N–H and O–H groups in total. The van der Waals surface area contributed by atoms with Gasteiger partial charge in [-0.15, -0.1) is 24.0 Å². The second kappa shape index (κ2) is 13.8. The molecule has 0 heterocycles. The summed E-state index contributed by atoms with van der Waals surface area (Å²) in [5, 5.41) is 6.61. The largest absolute Gasteiger partial charge is 0.493 e. The van der Waals surface area contributed by atoms with Crippen LogP contribution < -0.4 is 29.6 Å². The molecule has 166 valence electrons. The number of methoxy groups -OCH3 is 3. The first-order valence-corrected chi connectivity index (χ1v) is 9.60. The molecule has 0 aliphatic heterocycles. The molecule has 0 fully saturated rings. The van der Waals surface area contributed by atoms with E-state index in [0.29, 0.717) is 37.2 Å². The summed E-state index contributed by atoms with van der Waals surface area (Å²) in [5.41, 5.74) is 2.13. The van der Waals surface area contributed by atoms with E-state index in [-0.39, 0.29) is 24.0 Å². The highest BCUT2D eigenvalue weighted by Crippen LogP contribution is 2.28. The van der Waals surface area contributed by atoms with Crippen molar-refractivity contribution in [3.05, 3.63) is 47.5 Å². The quantitative estimate of drug-likeness (QED) is 0.276. The number of guanidine groups is 1. The fraction of sp³-hybridized carbons (Fsp3) is 0.409. The molecule has 8 heteroatoms. The second-order valence-corrected chi connectivity index (χ2v) is 6.30. The Balaban J connectivity index is 0.00000450. The van der Waals surface area contributed by atoms with Gasteiger partial charge in [-0.2, -0.15) is 0 Å². The van der Waals surface area contributed by atoms with Gasteiger partial charge in [0.05, 0.1) is 27.9 Å². The monoisotopic (exact) mass is 529 g/mol.